The summed E-state index contributed by atoms with van der Waals surface area (Å²) < 4.78 is 7.36. The average Bonchev–Trinajstić information content (AvgIpc) is 3.50. The number of amides is 1. The molecule has 0 bridgehead atoms. The van der Waals surface area contributed by atoms with Crippen molar-refractivity contribution in [1.29, 1.82) is 0 Å². The number of fused-ring (bicyclic) bond motifs is 1. The van der Waals surface area contributed by atoms with Gasteiger partial charge in [0.05, 0.1) is 17.3 Å². The molecule has 0 radical (unpaired) electrons. The summed E-state index contributed by atoms with van der Waals surface area (Å²) in [6.07, 6.45) is 9.18. The van der Waals surface area contributed by atoms with Crippen LogP contribution in [0.1, 0.15) is 47.7 Å². The molecule has 3 aromatic heterocycles. The zero-order valence-corrected chi connectivity index (χ0v) is 19.9. The summed E-state index contributed by atoms with van der Waals surface area (Å²) in [6.45, 7) is 2.17. The van der Waals surface area contributed by atoms with Crippen molar-refractivity contribution in [2.24, 2.45) is 0 Å². The van der Waals surface area contributed by atoms with Crippen LogP contribution in [0.5, 0.6) is 11.6 Å². The minimum atomic E-state index is -0.432. The molecule has 1 saturated heterocycles. The molecule has 4 aromatic rings. The minimum Gasteiger partial charge on any atom is -0.437 e. The fourth-order valence-corrected chi connectivity index (χ4v) is 4.52. The summed E-state index contributed by atoms with van der Waals surface area (Å²) in [5, 5.41) is 0.169. The zero-order valence-electron chi connectivity index (χ0n) is 19.2. The molecule has 0 spiro atoms. The fourth-order valence-electron chi connectivity index (χ4n) is 4.27. The van der Waals surface area contributed by atoms with Gasteiger partial charge in [0.2, 0.25) is 11.7 Å². The van der Waals surface area contributed by atoms with E-state index in [2.05, 4.69) is 31.8 Å². The molecule has 1 fully saturated rings. The van der Waals surface area contributed by atoms with Gasteiger partial charge in [0.15, 0.2) is 0 Å². The Hall–Kier alpha value is -4.49. The topological polar surface area (TPSA) is 129 Å². The first-order valence-electron chi connectivity index (χ1n) is 11.1. The van der Waals surface area contributed by atoms with E-state index >= 15 is 0 Å². The van der Waals surface area contributed by atoms with Crippen LogP contribution in [0.15, 0.2) is 49.2 Å². The van der Waals surface area contributed by atoms with Crippen LogP contribution in [0.2, 0.25) is 5.02 Å². The van der Waals surface area contributed by atoms with Crippen LogP contribution >= 0.6 is 11.6 Å². The summed E-state index contributed by atoms with van der Waals surface area (Å²) in [7, 11) is 0. The molecule has 4 heterocycles. The molecule has 1 atom stereocenters. The van der Waals surface area contributed by atoms with Crippen LogP contribution < -0.4 is 10.5 Å². The second-order valence-electron chi connectivity index (χ2n) is 8.00. The number of likely N-dealkylation sites (tertiary alicyclic amines) is 1. The maximum atomic E-state index is 13.6. The van der Waals surface area contributed by atoms with Crippen molar-refractivity contribution in [3.63, 3.8) is 0 Å². The summed E-state index contributed by atoms with van der Waals surface area (Å²) in [5.74, 6) is 5.87. The van der Waals surface area contributed by atoms with Gasteiger partial charge in [0, 0.05) is 43.0 Å². The van der Waals surface area contributed by atoms with E-state index in [-0.39, 0.29) is 34.0 Å². The number of hydrogen-bond donors (Lipinski definition) is 1. The quantitative estimate of drug-likeness (QED) is 0.325. The van der Waals surface area contributed by atoms with Crippen molar-refractivity contribution in [3.8, 4) is 23.5 Å². The monoisotopic (exact) mass is 501 g/mol. The maximum absolute atomic E-state index is 13.6. The summed E-state index contributed by atoms with van der Waals surface area (Å²) in [4.78, 5) is 44.7. The number of anilines is 1. The third-order valence-electron chi connectivity index (χ3n) is 5.82. The molecule has 5 rings (SSSR count). The number of ketones is 1. The number of carbonyl (C=O) groups is 2. The zero-order chi connectivity index (χ0) is 25.2. The molecule has 0 saturated carbocycles. The third kappa shape index (κ3) is 4.21. The highest BCUT2D eigenvalue weighted by Crippen LogP contribution is 2.35. The van der Waals surface area contributed by atoms with Crippen molar-refractivity contribution >= 4 is 34.6 Å². The Morgan fingerprint density at radius 3 is 2.83 bits per heavy atom. The molecule has 36 heavy (non-hydrogen) atoms. The van der Waals surface area contributed by atoms with Gasteiger partial charge < -0.3 is 15.4 Å². The summed E-state index contributed by atoms with van der Waals surface area (Å²) >= 11 is 6.48. The maximum Gasteiger partial charge on any atom is 0.299 e. The molecular formula is C25H20ClN7O3. The standard InChI is InChI=1S/C25H20ClN7O3/c1-2-4-20(34)32-11-3-5-18(32)25-31-21(22-24(27)30-10-12-33(22)25)23(35)16-7-6-15(13-17(16)26)36-19-14-28-8-9-29-19/h6-10,12-14,18H,3,5,11H2,1H3,(H2,27,30)/t18-/m0/s1. The highest BCUT2D eigenvalue weighted by atomic mass is 35.5. The Labute approximate surface area is 211 Å². The van der Waals surface area contributed by atoms with Crippen LogP contribution in [0.4, 0.5) is 5.82 Å². The fraction of sp³-hybridized carbons (Fsp3) is 0.200. The van der Waals surface area contributed by atoms with E-state index in [4.69, 9.17) is 22.1 Å². The Kier molecular flexibility index (Phi) is 6.23. The first kappa shape index (κ1) is 23.3. The second kappa shape index (κ2) is 9.64. The lowest BCUT2D eigenvalue weighted by Gasteiger charge is -2.21. The average molecular weight is 502 g/mol. The van der Waals surface area contributed by atoms with E-state index in [0.29, 0.717) is 35.9 Å². The van der Waals surface area contributed by atoms with Crippen LogP contribution in [-0.2, 0) is 4.79 Å². The van der Waals surface area contributed by atoms with E-state index < -0.39 is 5.78 Å². The van der Waals surface area contributed by atoms with Gasteiger partial charge in [-0.05, 0) is 37.8 Å². The molecule has 1 amide bonds. The highest BCUT2D eigenvalue weighted by molar-refractivity contribution is 6.35. The molecule has 0 unspecified atom stereocenters. The number of ether oxygens (including phenoxy) is 1. The number of nitrogens with two attached hydrogens (primary N) is 1. The van der Waals surface area contributed by atoms with Crippen molar-refractivity contribution < 1.29 is 14.3 Å². The van der Waals surface area contributed by atoms with Crippen LogP contribution in [0.3, 0.4) is 0 Å². The smallest absolute Gasteiger partial charge is 0.299 e. The van der Waals surface area contributed by atoms with Crippen molar-refractivity contribution in [3.05, 3.63) is 71.3 Å². The number of carbonyl (C=O) groups excluding carboxylic acids is 2. The van der Waals surface area contributed by atoms with Gasteiger partial charge in [-0.15, -0.1) is 0 Å². The number of rotatable bonds is 5. The van der Waals surface area contributed by atoms with Crippen molar-refractivity contribution in [1.82, 2.24) is 29.2 Å². The van der Waals surface area contributed by atoms with Crippen LogP contribution in [-0.4, -0.2) is 47.5 Å². The van der Waals surface area contributed by atoms with Crippen LogP contribution in [0.25, 0.3) is 5.52 Å². The lowest BCUT2D eigenvalue weighted by molar-refractivity contribution is -0.126. The van der Waals surface area contributed by atoms with Crippen LogP contribution in [0, 0.1) is 11.8 Å². The number of hydrogen-bond acceptors (Lipinski definition) is 8. The van der Waals surface area contributed by atoms with E-state index in [9.17, 15) is 9.59 Å². The van der Waals surface area contributed by atoms with Crippen molar-refractivity contribution in [2.45, 2.75) is 25.8 Å². The lowest BCUT2D eigenvalue weighted by atomic mass is 10.1. The molecule has 1 aliphatic heterocycles. The molecule has 2 N–H and O–H groups in total. The number of nitrogen functional groups attached to an aromatic ring is 1. The predicted octanol–water partition coefficient (Wildman–Crippen LogP) is 3.47. The number of aromatic nitrogens is 5. The Bertz CT molecular complexity index is 1540. The van der Waals surface area contributed by atoms with Gasteiger partial charge >= 0.3 is 0 Å². The normalized spacial score (nSPS) is 14.9. The van der Waals surface area contributed by atoms with Gasteiger partial charge in [0.25, 0.3) is 5.91 Å². The van der Waals surface area contributed by atoms with E-state index in [0.717, 1.165) is 6.42 Å². The van der Waals surface area contributed by atoms with Gasteiger partial charge in [-0.1, -0.05) is 17.5 Å². The summed E-state index contributed by atoms with van der Waals surface area (Å²) in [5.41, 5.74) is 6.85. The molecule has 10 nitrogen and oxygen atoms in total. The minimum absolute atomic E-state index is 0.0981. The van der Waals surface area contributed by atoms with E-state index in [1.807, 2.05) is 0 Å². The van der Waals surface area contributed by atoms with E-state index in [1.165, 1.54) is 30.9 Å². The SMILES string of the molecule is CC#CC(=O)N1CCC[C@H]1c1nc(C(=O)c2ccc(Oc3cnccn3)cc2Cl)c2c(N)nccn12. The van der Waals surface area contributed by atoms with Gasteiger partial charge in [-0.25, -0.2) is 15.0 Å². The second-order valence-corrected chi connectivity index (χ2v) is 8.40. The summed E-state index contributed by atoms with van der Waals surface area (Å²) in [6, 6.07) is 4.32. The van der Waals surface area contributed by atoms with Gasteiger partial charge in [-0.2, -0.15) is 0 Å². The predicted molar refractivity (Wildman–Crippen MR) is 132 cm³/mol. The number of nitrogens with zero attached hydrogens (tertiary/aromatic N) is 6. The third-order valence-corrected chi connectivity index (χ3v) is 6.13. The number of imidazole rings is 1. The Balaban J connectivity index is 1.54. The molecule has 0 aliphatic carbocycles. The molecular weight excluding hydrogens is 482 g/mol. The Morgan fingerprint density at radius 1 is 1.22 bits per heavy atom. The molecule has 180 valence electrons. The number of benzene rings is 1. The lowest BCUT2D eigenvalue weighted by Crippen LogP contribution is -2.30. The molecule has 1 aromatic carbocycles. The van der Waals surface area contributed by atoms with Gasteiger partial charge in [0.1, 0.15) is 28.6 Å². The molecule has 1 aliphatic rings. The van der Waals surface area contributed by atoms with Crippen molar-refractivity contribution in [2.75, 3.05) is 12.3 Å². The first-order valence-corrected chi connectivity index (χ1v) is 11.5. The largest absolute Gasteiger partial charge is 0.437 e. The number of halogens is 1. The first-order chi connectivity index (χ1) is 17.5. The Morgan fingerprint density at radius 2 is 2.08 bits per heavy atom. The highest BCUT2D eigenvalue weighted by Gasteiger charge is 2.34. The van der Waals surface area contributed by atoms with Gasteiger partial charge in [-0.3, -0.25) is 19.0 Å². The molecule has 11 heteroatoms. The van der Waals surface area contributed by atoms with E-state index in [1.54, 1.807) is 34.6 Å².